The second-order valence-corrected chi connectivity index (χ2v) is 7.99. The van der Waals surface area contributed by atoms with E-state index < -0.39 is 12.2 Å². The first-order chi connectivity index (χ1) is 13.3. The van der Waals surface area contributed by atoms with E-state index in [4.69, 9.17) is 9.47 Å². The quantitative estimate of drug-likeness (QED) is 0.332. The lowest BCUT2D eigenvalue weighted by atomic mass is 10.1. The van der Waals surface area contributed by atoms with Gasteiger partial charge in [0, 0.05) is 5.56 Å². The Hall–Kier alpha value is -1.51. The van der Waals surface area contributed by atoms with Crippen molar-refractivity contribution in [1.29, 1.82) is 0 Å². The summed E-state index contributed by atoms with van der Waals surface area (Å²) in [5, 5.41) is 20.3. The molecule has 0 aromatic heterocycles. The third kappa shape index (κ3) is 8.24. The molecule has 0 amide bonds. The van der Waals surface area contributed by atoms with Gasteiger partial charge < -0.3 is 29.5 Å². The number of Topliss-reactive ketones (excluding diaryl/α,β-unsaturated/α-hetero) is 1. The molecule has 0 bridgehead atoms. The first-order valence-corrected chi connectivity index (χ1v) is 10.2. The van der Waals surface area contributed by atoms with Crippen LogP contribution in [0.1, 0.15) is 31.1 Å². The van der Waals surface area contributed by atoms with Crippen molar-refractivity contribution >= 4 is 5.78 Å². The number of ketones is 1. The Morgan fingerprint density at radius 1 is 0.964 bits per heavy atom. The third-order valence-corrected chi connectivity index (χ3v) is 5.04. The van der Waals surface area contributed by atoms with Crippen LogP contribution in [0, 0.1) is 0 Å². The summed E-state index contributed by atoms with van der Waals surface area (Å²) in [5.41, 5.74) is 0.651. The summed E-state index contributed by atoms with van der Waals surface area (Å²) in [6.45, 7) is 11.4. The molecule has 1 fully saturated rings. The van der Waals surface area contributed by atoms with Gasteiger partial charge in [0.1, 0.15) is 63.8 Å². The fraction of sp³-hybridized carbons (Fsp3) is 0.667. The molecule has 4 N–H and O–H groups in total. The molecule has 1 aliphatic heterocycles. The highest BCUT2D eigenvalue weighted by Gasteiger charge is 2.26. The van der Waals surface area contributed by atoms with E-state index in [2.05, 4.69) is 0 Å². The zero-order valence-corrected chi connectivity index (χ0v) is 17.3. The summed E-state index contributed by atoms with van der Waals surface area (Å²) in [4.78, 5) is 14.0. The number of hydrogen-bond donors (Lipinski definition) is 4. The highest BCUT2D eigenvalue weighted by atomic mass is 16.5. The third-order valence-electron chi connectivity index (χ3n) is 5.04. The first-order valence-electron chi connectivity index (χ1n) is 10.2. The molecule has 2 rings (SSSR count). The van der Waals surface area contributed by atoms with Crippen LogP contribution in [0.4, 0.5) is 0 Å². The number of carbonyl (C=O) groups excluding carboxylic acids is 1. The van der Waals surface area contributed by atoms with Crippen LogP contribution in [0.3, 0.4) is 0 Å². The average Bonchev–Trinajstić information content (AvgIpc) is 2.66. The van der Waals surface area contributed by atoms with E-state index in [0.717, 1.165) is 26.2 Å². The highest BCUT2D eigenvalue weighted by molar-refractivity contribution is 5.94. The van der Waals surface area contributed by atoms with Gasteiger partial charge in [-0.05, 0) is 45.0 Å². The average molecular weight is 397 g/mol. The van der Waals surface area contributed by atoms with Crippen molar-refractivity contribution in [2.45, 2.75) is 39.1 Å². The van der Waals surface area contributed by atoms with Crippen LogP contribution in [-0.2, 0) is 4.74 Å². The van der Waals surface area contributed by atoms with Crippen molar-refractivity contribution in [3.05, 3.63) is 29.8 Å². The van der Waals surface area contributed by atoms with Gasteiger partial charge in [-0.2, -0.15) is 0 Å². The lowest BCUT2D eigenvalue weighted by molar-refractivity contribution is -1.01. The molecule has 1 aromatic carbocycles. The minimum atomic E-state index is -0.533. The van der Waals surface area contributed by atoms with E-state index in [0.29, 0.717) is 31.0 Å². The summed E-state index contributed by atoms with van der Waals surface area (Å²) in [7, 11) is 0. The molecule has 0 aliphatic carbocycles. The fourth-order valence-corrected chi connectivity index (χ4v) is 3.43. The zero-order chi connectivity index (χ0) is 20.5. The van der Waals surface area contributed by atoms with E-state index in [1.165, 1.54) is 16.7 Å². The topological polar surface area (TPSA) is 84.9 Å². The summed E-state index contributed by atoms with van der Waals surface area (Å²) in [6.07, 6.45) is -0.817. The maximum Gasteiger partial charge on any atom is 0.159 e. The number of ether oxygens (including phenoxy) is 2. The molecule has 28 heavy (non-hydrogen) atoms. The second-order valence-electron chi connectivity index (χ2n) is 7.99. The first kappa shape index (κ1) is 22.8. The standard InChI is InChI=1S/C21H34N2O5/c1-16(2)27-14-19(25)12-22-8-10-23(11-9-22)13-20(26)15-28-21-6-4-18(5-7-21)17(3)24/h4-7,16,19-20,25-26H,8-15H2,1-3H3/p+2/t19-,20+/m0/s1. The molecule has 0 saturated carbocycles. The Morgan fingerprint density at radius 2 is 1.46 bits per heavy atom. The van der Waals surface area contributed by atoms with Gasteiger partial charge in [0.25, 0.3) is 0 Å². The van der Waals surface area contributed by atoms with Gasteiger partial charge >= 0.3 is 0 Å². The molecule has 2 atom stereocenters. The lowest BCUT2D eigenvalue weighted by Crippen LogP contribution is -3.29. The molecular weight excluding hydrogens is 360 g/mol. The number of aliphatic hydroxyl groups is 2. The normalized spacial score (nSPS) is 22.1. The van der Waals surface area contributed by atoms with Crippen molar-refractivity contribution in [2.24, 2.45) is 0 Å². The molecule has 1 saturated heterocycles. The Morgan fingerprint density at radius 3 is 1.93 bits per heavy atom. The second kappa shape index (κ2) is 11.5. The highest BCUT2D eigenvalue weighted by Crippen LogP contribution is 2.12. The smallest absolute Gasteiger partial charge is 0.159 e. The number of carbonyl (C=O) groups is 1. The molecule has 1 aliphatic rings. The number of rotatable bonds is 11. The summed E-state index contributed by atoms with van der Waals surface area (Å²) in [6, 6.07) is 6.98. The minimum absolute atomic E-state index is 0.0245. The molecule has 7 heteroatoms. The predicted molar refractivity (Wildman–Crippen MR) is 106 cm³/mol. The number of piperazine rings is 1. The maximum absolute atomic E-state index is 11.3. The van der Waals surface area contributed by atoms with E-state index in [1.807, 2.05) is 13.8 Å². The van der Waals surface area contributed by atoms with Gasteiger partial charge in [0.05, 0.1) is 12.7 Å². The van der Waals surface area contributed by atoms with Gasteiger partial charge in [-0.25, -0.2) is 0 Å². The van der Waals surface area contributed by atoms with Gasteiger partial charge in [-0.3, -0.25) is 4.79 Å². The Kier molecular flexibility index (Phi) is 9.34. The number of nitrogens with one attached hydrogen (secondary N) is 2. The van der Waals surface area contributed by atoms with Gasteiger partial charge in [0.2, 0.25) is 0 Å². The molecule has 1 heterocycles. The molecule has 7 nitrogen and oxygen atoms in total. The van der Waals surface area contributed by atoms with Crippen molar-refractivity contribution in [3.63, 3.8) is 0 Å². The van der Waals surface area contributed by atoms with Gasteiger partial charge in [-0.1, -0.05) is 0 Å². The minimum Gasteiger partial charge on any atom is -0.491 e. The van der Waals surface area contributed by atoms with E-state index in [1.54, 1.807) is 24.3 Å². The van der Waals surface area contributed by atoms with Crippen molar-refractivity contribution in [2.75, 3.05) is 52.5 Å². The maximum atomic E-state index is 11.3. The van der Waals surface area contributed by atoms with Gasteiger partial charge in [-0.15, -0.1) is 0 Å². The molecule has 0 spiro atoms. The number of hydrogen-bond acceptors (Lipinski definition) is 5. The molecule has 1 aromatic rings. The van der Waals surface area contributed by atoms with Crippen LogP contribution in [-0.4, -0.2) is 86.8 Å². The summed E-state index contributed by atoms with van der Waals surface area (Å²) in [5.74, 6) is 0.683. The molecule has 0 unspecified atom stereocenters. The number of aliphatic hydroxyl groups excluding tert-OH is 2. The van der Waals surface area contributed by atoms with E-state index >= 15 is 0 Å². The van der Waals surface area contributed by atoms with Gasteiger partial charge in [0.15, 0.2) is 5.78 Å². The summed E-state index contributed by atoms with van der Waals surface area (Å²) >= 11 is 0. The molecule has 0 radical (unpaired) electrons. The number of benzene rings is 1. The van der Waals surface area contributed by atoms with Crippen LogP contribution in [0.25, 0.3) is 0 Å². The molecule has 158 valence electrons. The van der Waals surface area contributed by atoms with Crippen LogP contribution in [0.15, 0.2) is 24.3 Å². The van der Waals surface area contributed by atoms with Crippen LogP contribution in [0.5, 0.6) is 5.75 Å². The summed E-state index contributed by atoms with van der Waals surface area (Å²) < 4.78 is 11.1. The van der Waals surface area contributed by atoms with Crippen molar-refractivity contribution < 1.29 is 34.3 Å². The predicted octanol–water partition coefficient (Wildman–Crippen LogP) is -1.80. The van der Waals surface area contributed by atoms with E-state index in [9.17, 15) is 15.0 Å². The Bertz CT molecular complexity index is 585. The Balaban J connectivity index is 1.63. The molecular formula is C21H36N2O5+2. The van der Waals surface area contributed by atoms with Crippen molar-refractivity contribution in [3.8, 4) is 5.75 Å². The van der Waals surface area contributed by atoms with Crippen LogP contribution >= 0.6 is 0 Å². The fourth-order valence-electron chi connectivity index (χ4n) is 3.43. The van der Waals surface area contributed by atoms with Crippen LogP contribution < -0.4 is 14.5 Å². The SMILES string of the molecule is CC(=O)c1ccc(OC[C@H](O)C[NH+]2CC[NH+](C[C@H](O)COC(C)C)CC2)cc1. The Labute approximate surface area is 167 Å². The number of quaternary nitrogens is 2. The largest absolute Gasteiger partial charge is 0.491 e. The van der Waals surface area contributed by atoms with Crippen molar-refractivity contribution in [1.82, 2.24) is 0 Å². The zero-order valence-electron chi connectivity index (χ0n) is 17.3. The van der Waals surface area contributed by atoms with Crippen LogP contribution in [0.2, 0.25) is 0 Å². The lowest BCUT2D eigenvalue weighted by Gasteiger charge is -2.31. The van der Waals surface area contributed by atoms with E-state index in [-0.39, 0.29) is 18.5 Å². The monoisotopic (exact) mass is 396 g/mol.